The third-order valence-corrected chi connectivity index (χ3v) is 10.7. The maximum absolute atomic E-state index is 15.2. The molecule has 0 radical (unpaired) electrons. The van der Waals surface area contributed by atoms with Crippen molar-refractivity contribution in [1.82, 2.24) is 36.1 Å². The van der Waals surface area contributed by atoms with Gasteiger partial charge in [-0.15, -0.1) is 0 Å². The number of nitrogens with zero attached hydrogens (tertiary/aromatic N) is 2. The Kier molecular flexibility index (Phi) is 11.3. The Morgan fingerprint density at radius 1 is 1.00 bits per heavy atom. The van der Waals surface area contributed by atoms with Gasteiger partial charge in [0.2, 0.25) is 23.5 Å². The number of alkyl halides is 2. The van der Waals surface area contributed by atoms with Crippen LogP contribution in [0, 0.1) is 23.2 Å². The van der Waals surface area contributed by atoms with Crippen LogP contribution in [-0.2, 0) is 24.0 Å². The first kappa shape index (κ1) is 37.3. The maximum Gasteiger partial charge on any atom is 0.289 e. The van der Waals surface area contributed by atoms with Gasteiger partial charge in [0.25, 0.3) is 17.7 Å². The molecule has 1 aromatic heterocycles. The second-order valence-corrected chi connectivity index (χ2v) is 15.6. The number of imidazole rings is 1. The fourth-order valence-electron chi connectivity index (χ4n) is 7.79. The molecule has 4 aliphatic rings. The summed E-state index contributed by atoms with van der Waals surface area (Å²) >= 11 is 0. The van der Waals surface area contributed by atoms with E-state index in [0.29, 0.717) is 19.3 Å². The molecule has 4 fully saturated rings. The van der Waals surface area contributed by atoms with Crippen LogP contribution in [0.25, 0.3) is 0 Å². The van der Waals surface area contributed by atoms with Gasteiger partial charge in [-0.3, -0.25) is 28.8 Å². The van der Waals surface area contributed by atoms with E-state index in [1.165, 1.54) is 12.4 Å². The summed E-state index contributed by atoms with van der Waals surface area (Å²) in [5, 5.41) is 10.9. The number of fused-ring (bicyclic) bond motifs is 1. The molecule has 5 amide bonds. The Morgan fingerprint density at radius 2 is 1.70 bits per heavy atom. The zero-order chi connectivity index (χ0) is 36.4. The fraction of sp³-hybridized carbons (Fsp3) is 0.743. The molecule has 3 saturated carbocycles. The van der Waals surface area contributed by atoms with Crippen molar-refractivity contribution in [2.75, 3.05) is 6.54 Å². The van der Waals surface area contributed by atoms with Gasteiger partial charge >= 0.3 is 0 Å². The average Bonchev–Trinajstić information content (AvgIpc) is 3.43. The zero-order valence-electron chi connectivity index (χ0n) is 29.4. The SMILES string of the molecule is CCC[C@@H](NC(=O)[C@@H]1[C@H]2CCC(F)(F)C2CN1C(=O)[C@@H](NC(=O)[C@H](NC(=O)c1ncc[nH]1)C1CCCCC1)C(C)(C)C)C(=O)C(=O)NC1CC1. The number of rotatable bonds is 13. The Balaban J connectivity index is 1.39. The summed E-state index contributed by atoms with van der Waals surface area (Å²) in [7, 11) is 0. The number of hydrogen-bond donors (Lipinski definition) is 5. The van der Waals surface area contributed by atoms with Crippen molar-refractivity contribution in [3.05, 3.63) is 18.2 Å². The van der Waals surface area contributed by atoms with Gasteiger partial charge < -0.3 is 31.2 Å². The third kappa shape index (κ3) is 8.34. The van der Waals surface area contributed by atoms with E-state index in [9.17, 15) is 28.8 Å². The number of aromatic amines is 1. The number of nitrogens with one attached hydrogen (secondary N) is 5. The van der Waals surface area contributed by atoms with Crippen LogP contribution in [0.3, 0.4) is 0 Å². The van der Waals surface area contributed by atoms with Gasteiger partial charge in [0.05, 0.1) is 6.04 Å². The standard InChI is InChI=1S/C35H51F2N7O6/c1-5-9-23(26(45)31(48)40-20-12-13-20)41-30(47)25-21-14-15-35(36,37)22(21)18-44(25)33(50)27(34(2,3)4)43-29(46)24(19-10-7-6-8-11-19)42-32(49)28-38-16-17-39-28/h16-17,19-25,27H,5-15,18H2,1-4H3,(H,38,39)(H,40,48)(H,41,47)(H,42,49)(H,43,46)/t21-,22?,23+,24+,25-,27+/m0/s1. The summed E-state index contributed by atoms with van der Waals surface area (Å²) in [5.41, 5.74) is -0.933. The first-order valence-corrected chi connectivity index (χ1v) is 18.1. The number of hydrogen-bond acceptors (Lipinski definition) is 7. The van der Waals surface area contributed by atoms with Crippen LogP contribution >= 0.6 is 0 Å². The highest BCUT2D eigenvalue weighted by Crippen LogP contribution is 2.51. The quantitative estimate of drug-likeness (QED) is 0.196. The van der Waals surface area contributed by atoms with E-state index in [-0.39, 0.29) is 30.6 Å². The lowest BCUT2D eigenvalue weighted by molar-refractivity contribution is -0.146. The van der Waals surface area contributed by atoms with Gasteiger partial charge in [0.15, 0.2) is 5.82 Å². The minimum atomic E-state index is -3.12. The van der Waals surface area contributed by atoms with E-state index in [1.807, 2.05) is 0 Å². The average molecular weight is 704 g/mol. The number of Topliss-reactive ketones (excluding diaryl/α,β-unsaturated/α-hetero) is 1. The number of amides is 5. The molecule has 2 heterocycles. The minimum Gasteiger partial charge on any atom is -0.347 e. The van der Waals surface area contributed by atoms with Crippen LogP contribution in [0.4, 0.5) is 8.78 Å². The minimum absolute atomic E-state index is 0.0107. The second-order valence-electron chi connectivity index (χ2n) is 15.6. The number of aromatic nitrogens is 2. The molecule has 50 heavy (non-hydrogen) atoms. The predicted octanol–water partition coefficient (Wildman–Crippen LogP) is 2.62. The number of halogens is 2. The topological polar surface area (TPSA) is 182 Å². The zero-order valence-corrected chi connectivity index (χ0v) is 29.4. The van der Waals surface area contributed by atoms with Crippen molar-refractivity contribution in [2.45, 2.75) is 134 Å². The number of H-pyrrole nitrogens is 1. The Morgan fingerprint density at radius 3 is 2.30 bits per heavy atom. The van der Waals surface area contributed by atoms with Crippen molar-refractivity contribution in [2.24, 2.45) is 23.2 Å². The van der Waals surface area contributed by atoms with E-state index in [4.69, 9.17) is 0 Å². The largest absolute Gasteiger partial charge is 0.347 e. The molecule has 5 N–H and O–H groups in total. The maximum atomic E-state index is 15.2. The van der Waals surface area contributed by atoms with Crippen molar-refractivity contribution in [3.8, 4) is 0 Å². The van der Waals surface area contributed by atoms with Gasteiger partial charge in [0.1, 0.15) is 18.1 Å². The van der Waals surface area contributed by atoms with Crippen molar-refractivity contribution in [1.29, 1.82) is 0 Å². The molecule has 15 heteroatoms. The van der Waals surface area contributed by atoms with Gasteiger partial charge in [-0.2, -0.15) is 0 Å². The molecule has 276 valence electrons. The highest BCUT2D eigenvalue weighted by molar-refractivity contribution is 6.38. The number of likely N-dealkylation sites (tertiary alicyclic amines) is 1. The lowest BCUT2D eigenvalue weighted by Gasteiger charge is -2.38. The molecule has 1 aliphatic heterocycles. The lowest BCUT2D eigenvalue weighted by Crippen LogP contribution is -2.62. The summed E-state index contributed by atoms with van der Waals surface area (Å²) in [6.45, 7) is 6.55. The van der Waals surface area contributed by atoms with Crippen LogP contribution < -0.4 is 21.3 Å². The molecule has 3 aliphatic carbocycles. The van der Waals surface area contributed by atoms with Gasteiger partial charge in [-0.25, -0.2) is 13.8 Å². The highest BCUT2D eigenvalue weighted by Gasteiger charge is 2.61. The fourth-order valence-corrected chi connectivity index (χ4v) is 7.79. The Labute approximate surface area is 291 Å². The smallest absolute Gasteiger partial charge is 0.289 e. The van der Waals surface area contributed by atoms with Gasteiger partial charge in [-0.1, -0.05) is 53.4 Å². The highest BCUT2D eigenvalue weighted by atomic mass is 19.3. The summed E-state index contributed by atoms with van der Waals surface area (Å²) in [6, 6.07) is -4.84. The van der Waals surface area contributed by atoms with E-state index >= 15 is 8.78 Å². The van der Waals surface area contributed by atoms with Crippen LogP contribution in [0.2, 0.25) is 0 Å². The number of ketones is 1. The van der Waals surface area contributed by atoms with Crippen LogP contribution in [-0.4, -0.2) is 92.9 Å². The first-order valence-electron chi connectivity index (χ1n) is 18.1. The van der Waals surface area contributed by atoms with E-state index < -0.39 is 95.6 Å². The molecular weight excluding hydrogens is 652 g/mol. The normalized spacial score (nSPS) is 25.2. The Hall–Kier alpha value is -3.91. The molecule has 0 aromatic carbocycles. The summed E-state index contributed by atoms with van der Waals surface area (Å²) in [4.78, 5) is 89.2. The summed E-state index contributed by atoms with van der Waals surface area (Å²) in [5.74, 6) is -9.75. The van der Waals surface area contributed by atoms with Gasteiger partial charge in [-0.05, 0) is 55.8 Å². The van der Waals surface area contributed by atoms with Crippen LogP contribution in [0.15, 0.2) is 12.4 Å². The summed E-state index contributed by atoms with van der Waals surface area (Å²) in [6.07, 6.45) is 8.73. The molecule has 13 nitrogen and oxygen atoms in total. The van der Waals surface area contributed by atoms with E-state index in [0.717, 1.165) is 37.0 Å². The molecule has 0 spiro atoms. The van der Waals surface area contributed by atoms with E-state index in [2.05, 4.69) is 31.2 Å². The molecular formula is C35H51F2N7O6. The van der Waals surface area contributed by atoms with Crippen LogP contribution in [0.5, 0.6) is 0 Å². The number of carbonyl (C=O) groups excluding carboxylic acids is 6. The third-order valence-electron chi connectivity index (χ3n) is 10.7. The van der Waals surface area contributed by atoms with Crippen molar-refractivity contribution >= 4 is 35.3 Å². The van der Waals surface area contributed by atoms with Crippen LogP contribution in [0.1, 0.15) is 109 Å². The summed E-state index contributed by atoms with van der Waals surface area (Å²) < 4.78 is 30.4. The molecule has 1 saturated heterocycles. The van der Waals surface area contributed by atoms with Crippen molar-refractivity contribution in [3.63, 3.8) is 0 Å². The molecule has 6 atom stereocenters. The monoisotopic (exact) mass is 703 g/mol. The van der Waals surface area contributed by atoms with Gasteiger partial charge in [0, 0.05) is 37.3 Å². The molecule has 1 unspecified atom stereocenters. The predicted molar refractivity (Wildman–Crippen MR) is 177 cm³/mol. The molecule has 5 rings (SSSR count). The number of carbonyl (C=O) groups is 6. The Bertz CT molecular complexity index is 1440. The molecule has 0 bridgehead atoms. The molecule has 1 aromatic rings. The lowest BCUT2D eigenvalue weighted by atomic mass is 9.82. The van der Waals surface area contributed by atoms with Crippen molar-refractivity contribution < 1.29 is 37.5 Å². The first-order chi connectivity index (χ1) is 23.6. The second kappa shape index (κ2) is 15.1. The van der Waals surface area contributed by atoms with E-state index in [1.54, 1.807) is 27.7 Å².